The largest absolute Gasteiger partial charge is 0.318 e. The molecule has 0 spiro atoms. The van der Waals surface area contributed by atoms with Crippen molar-refractivity contribution in [1.29, 1.82) is 0 Å². The molecule has 22 heavy (non-hydrogen) atoms. The highest BCUT2D eigenvalue weighted by molar-refractivity contribution is 7.89. The van der Waals surface area contributed by atoms with Crippen LogP contribution in [0, 0.1) is 0 Å². The summed E-state index contributed by atoms with van der Waals surface area (Å²) in [5.74, 6) is -0.0614. The van der Waals surface area contributed by atoms with Gasteiger partial charge in [0.1, 0.15) is 0 Å². The number of hydrogen-bond donors (Lipinski definition) is 2. The molecule has 0 aromatic heterocycles. The van der Waals surface area contributed by atoms with E-state index in [1.165, 1.54) is 6.92 Å². The van der Waals surface area contributed by atoms with E-state index in [2.05, 4.69) is 10.0 Å². The zero-order valence-electron chi connectivity index (χ0n) is 12.8. The fourth-order valence-electron chi connectivity index (χ4n) is 2.44. The van der Waals surface area contributed by atoms with Gasteiger partial charge in [0, 0.05) is 32.2 Å². The number of halogens is 1. The molecule has 2 rings (SSSR count). The number of nitrogens with zero attached hydrogens (tertiary/aromatic N) is 1. The average molecular weight is 348 g/mol. The van der Waals surface area contributed by atoms with Crippen LogP contribution in [0.5, 0.6) is 0 Å². The average Bonchev–Trinajstić information content (AvgIpc) is 2.46. The summed E-state index contributed by atoms with van der Waals surface area (Å²) in [4.78, 5) is 13.5. The first-order chi connectivity index (χ1) is 9.95. The van der Waals surface area contributed by atoms with Gasteiger partial charge < -0.3 is 10.2 Å². The number of fused-ring (bicyclic) bond motifs is 1. The van der Waals surface area contributed by atoms with Gasteiger partial charge in [-0.2, -0.15) is 0 Å². The molecule has 1 aromatic carbocycles. The Balaban J connectivity index is 0.00000242. The molecule has 1 aliphatic rings. The lowest BCUT2D eigenvalue weighted by Gasteiger charge is -2.29. The second kappa shape index (κ2) is 7.92. The fourth-order valence-corrected chi connectivity index (χ4v) is 3.49. The summed E-state index contributed by atoms with van der Waals surface area (Å²) in [6, 6.07) is 5.00. The van der Waals surface area contributed by atoms with Crippen LogP contribution in [0.4, 0.5) is 5.69 Å². The van der Waals surface area contributed by atoms with Crippen molar-refractivity contribution >= 4 is 34.0 Å². The molecule has 1 aromatic rings. The predicted octanol–water partition coefficient (Wildman–Crippen LogP) is 0.905. The van der Waals surface area contributed by atoms with Gasteiger partial charge in [0.15, 0.2) is 0 Å². The van der Waals surface area contributed by atoms with Crippen LogP contribution in [0.1, 0.15) is 18.9 Å². The molecule has 1 heterocycles. The topological polar surface area (TPSA) is 78.5 Å². The first-order valence-electron chi connectivity index (χ1n) is 7.01. The molecule has 0 atom stereocenters. The Hall–Kier alpha value is -1.15. The first-order valence-corrected chi connectivity index (χ1v) is 8.49. The van der Waals surface area contributed by atoms with Gasteiger partial charge in [0.2, 0.25) is 15.9 Å². The number of amides is 1. The Kier molecular flexibility index (Phi) is 6.80. The van der Waals surface area contributed by atoms with E-state index in [0.717, 1.165) is 18.4 Å². The second-order valence-corrected chi connectivity index (χ2v) is 6.83. The Morgan fingerprint density at radius 2 is 2.05 bits per heavy atom. The number of carbonyl (C=O) groups excluding carboxylic acids is 1. The van der Waals surface area contributed by atoms with Crippen LogP contribution < -0.4 is 14.9 Å². The Morgan fingerprint density at radius 3 is 2.68 bits per heavy atom. The molecule has 124 valence electrons. The van der Waals surface area contributed by atoms with E-state index in [-0.39, 0.29) is 23.2 Å². The number of hydrogen-bond acceptors (Lipinski definition) is 4. The fraction of sp³-hybridized carbons (Fsp3) is 0.500. The van der Waals surface area contributed by atoms with E-state index in [1.54, 1.807) is 30.1 Å². The summed E-state index contributed by atoms with van der Waals surface area (Å²) < 4.78 is 27.0. The summed E-state index contributed by atoms with van der Waals surface area (Å²) in [7, 11) is -1.78. The van der Waals surface area contributed by atoms with Crippen molar-refractivity contribution in [3.63, 3.8) is 0 Å². The highest BCUT2D eigenvalue weighted by atomic mass is 35.5. The van der Waals surface area contributed by atoms with Crippen LogP contribution >= 0.6 is 12.4 Å². The van der Waals surface area contributed by atoms with Crippen molar-refractivity contribution in [1.82, 2.24) is 10.0 Å². The van der Waals surface area contributed by atoms with Crippen LogP contribution in [0.3, 0.4) is 0 Å². The summed E-state index contributed by atoms with van der Waals surface area (Å²) in [5, 5.41) is 2.88. The van der Waals surface area contributed by atoms with Crippen LogP contribution in [-0.4, -0.2) is 41.0 Å². The molecule has 0 saturated heterocycles. The molecule has 0 bridgehead atoms. The molecule has 6 nitrogen and oxygen atoms in total. The van der Waals surface area contributed by atoms with Gasteiger partial charge in [-0.15, -0.1) is 12.4 Å². The smallest absolute Gasteiger partial charge is 0.240 e. The highest BCUT2D eigenvalue weighted by Gasteiger charge is 2.23. The second-order valence-electron chi connectivity index (χ2n) is 5.07. The number of carbonyl (C=O) groups is 1. The third kappa shape index (κ3) is 4.19. The van der Waals surface area contributed by atoms with Crippen molar-refractivity contribution in [2.45, 2.75) is 24.7 Å². The summed E-state index contributed by atoms with van der Waals surface area (Å²) in [5.41, 5.74) is 1.73. The summed E-state index contributed by atoms with van der Waals surface area (Å²) >= 11 is 0. The molecular formula is C14H22ClN3O3S. The Labute approximate surface area is 137 Å². The van der Waals surface area contributed by atoms with E-state index in [0.29, 0.717) is 25.3 Å². The van der Waals surface area contributed by atoms with Crippen molar-refractivity contribution < 1.29 is 13.2 Å². The van der Waals surface area contributed by atoms with Crippen molar-refractivity contribution in [3.05, 3.63) is 23.8 Å². The van der Waals surface area contributed by atoms with Gasteiger partial charge >= 0.3 is 0 Å². The predicted molar refractivity (Wildman–Crippen MR) is 89.2 cm³/mol. The van der Waals surface area contributed by atoms with Crippen LogP contribution in [-0.2, 0) is 21.2 Å². The summed E-state index contributed by atoms with van der Waals surface area (Å²) in [6.45, 7) is 3.02. The first kappa shape index (κ1) is 18.9. The quantitative estimate of drug-likeness (QED) is 0.776. The molecule has 1 amide bonds. The monoisotopic (exact) mass is 347 g/mol. The van der Waals surface area contributed by atoms with E-state index >= 15 is 0 Å². The van der Waals surface area contributed by atoms with E-state index < -0.39 is 10.0 Å². The lowest BCUT2D eigenvalue weighted by molar-refractivity contribution is -0.116. The highest BCUT2D eigenvalue weighted by Crippen LogP contribution is 2.29. The van der Waals surface area contributed by atoms with Crippen LogP contribution in [0.2, 0.25) is 0 Å². The van der Waals surface area contributed by atoms with Crippen molar-refractivity contribution in [2.24, 2.45) is 0 Å². The third-order valence-electron chi connectivity index (χ3n) is 3.53. The molecular weight excluding hydrogens is 326 g/mol. The van der Waals surface area contributed by atoms with E-state index in [9.17, 15) is 13.2 Å². The number of aryl methyl sites for hydroxylation is 1. The van der Waals surface area contributed by atoms with Crippen molar-refractivity contribution in [2.75, 3.05) is 31.6 Å². The third-order valence-corrected chi connectivity index (χ3v) is 4.99. The Morgan fingerprint density at radius 1 is 1.32 bits per heavy atom. The van der Waals surface area contributed by atoms with Gasteiger partial charge in [-0.05, 0) is 37.6 Å². The zero-order chi connectivity index (χ0) is 15.5. The molecule has 0 unspecified atom stereocenters. The summed E-state index contributed by atoms with van der Waals surface area (Å²) in [6.07, 6.45) is 1.77. The maximum atomic E-state index is 12.2. The molecule has 0 fully saturated rings. The minimum absolute atomic E-state index is 0. The number of nitrogens with one attached hydrogen (secondary N) is 2. The van der Waals surface area contributed by atoms with Crippen LogP contribution in [0.15, 0.2) is 23.1 Å². The van der Waals surface area contributed by atoms with Gasteiger partial charge in [0.25, 0.3) is 0 Å². The van der Waals surface area contributed by atoms with E-state index in [1.807, 2.05) is 0 Å². The van der Waals surface area contributed by atoms with Gasteiger partial charge in [0.05, 0.1) is 4.90 Å². The lowest BCUT2D eigenvalue weighted by atomic mass is 10.0. The number of likely N-dealkylation sites (N-methyl/N-ethyl adjacent to an activating group) is 1. The maximum Gasteiger partial charge on any atom is 0.240 e. The molecule has 0 saturated carbocycles. The molecule has 0 radical (unpaired) electrons. The molecule has 8 heteroatoms. The normalized spacial score (nSPS) is 14.2. The standard InChI is InChI=1S/C14H21N3O3S.ClH/c1-11(18)17-9-3-4-12-5-6-13(10-14(12)17)21(19,20)16-8-7-15-2;/h5-6,10,15-16H,3-4,7-9H2,1-2H3;1H. The molecule has 2 N–H and O–H groups in total. The number of benzene rings is 1. The van der Waals surface area contributed by atoms with Crippen molar-refractivity contribution in [3.8, 4) is 0 Å². The number of rotatable bonds is 5. The van der Waals surface area contributed by atoms with E-state index in [4.69, 9.17) is 0 Å². The molecule has 1 aliphatic heterocycles. The number of sulfonamides is 1. The minimum atomic E-state index is -3.54. The molecule has 0 aliphatic carbocycles. The van der Waals surface area contributed by atoms with Crippen LogP contribution in [0.25, 0.3) is 0 Å². The SMILES string of the molecule is CNCCNS(=O)(=O)c1ccc2c(c1)N(C(C)=O)CCC2.Cl. The number of anilines is 1. The van der Waals surface area contributed by atoms with Gasteiger partial charge in [-0.1, -0.05) is 6.07 Å². The Bertz CT molecular complexity index is 634. The minimum Gasteiger partial charge on any atom is -0.318 e. The lowest BCUT2D eigenvalue weighted by Crippen LogP contribution is -2.34. The maximum absolute atomic E-state index is 12.2. The zero-order valence-corrected chi connectivity index (χ0v) is 14.4. The van der Waals surface area contributed by atoms with Gasteiger partial charge in [-0.3, -0.25) is 4.79 Å². The van der Waals surface area contributed by atoms with Gasteiger partial charge in [-0.25, -0.2) is 13.1 Å².